The third-order valence-corrected chi connectivity index (χ3v) is 2.41. The molecule has 0 bridgehead atoms. The highest BCUT2D eigenvalue weighted by atomic mass is 16.2. The Kier molecular flexibility index (Phi) is 1.72. The summed E-state index contributed by atoms with van der Waals surface area (Å²) in [6.07, 6.45) is 0.917. The van der Waals surface area contributed by atoms with Gasteiger partial charge in [0.1, 0.15) is 0 Å². The van der Waals surface area contributed by atoms with E-state index in [0.29, 0.717) is 5.69 Å². The molecule has 1 aliphatic rings. The van der Waals surface area contributed by atoms with Gasteiger partial charge in [-0.15, -0.1) is 0 Å². The number of benzene rings is 1. The number of hydrogen-bond acceptors (Lipinski definition) is 2. The van der Waals surface area contributed by atoms with E-state index in [2.05, 4.69) is 0 Å². The monoisotopic (exact) mass is 176 g/mol. The minimum absolute atomic E-state index is 0.0663. The molecule has 68 valence electrons. The molecule has 1 heterocycles. The van der Waals surface area contributed by atoms with Gasteiger partial charge < -0.3 is 10.6 Å². The maximum atomic E-state index is 11.2. The van der Waals surface area contributed by atoms with Crippen molar-refractivity contribution < 1.29 is 4.79 Å². The number of para-hydroxylation sites is 1. The summed E-state index contributed by atoms with van der Waals surface area (Å²) in [5, 5.41) is 0. The number of hydrogen-bond donors (Lipinski definition) is 1. The van der Waals surface area contributed by atoms with Gasteiger partial charge in [-0.1, -0.05) is 12.1 Å². The molecule has 0 unspecified atom stereocenters. The molecule has 0 radical (unpaired) electrons. The Balaban J connectivity index is 2.52. The molecule has 0 spiro atoms. The van der Waals surface area contributed by atoms with Crippen molar-refractivity contribution in [2.45, 2.75) is 13.3 Å². The molecule has 0 fully saturated rings. The number of carbonyl (C=O) groups excluding carboxylic acids is 1. The Hall–Kier alpha value is -1.51. The van der Waals surface area contributed by atoms with Crippen LogP contribution in [0.1, 0.15) is 12.5 Å². The zero-order valence-electron chi connectivity index (χ0n) is 7.58. The summed E-state index contributed by atoms with van der Waals surface area (Å²) in [6, 6.07) is 5.78. The van der Waals surface area contributed by atoms with Crippen molar-refractivity contribution >= 4 is 17.3 Å². The van der Waals surface area contributed by atoms with Crippen LogP contribution in [0.3, 0.4) is 0 Å². The summed E-state index contributed by atoms with van der Waals surface area (Å²) in [5.74, 6) is 0.0663. The zero-order valence-corrected chi connectivity index (χ0v) is 7.58. The minimum atomic E-state index is 0.0663. The normalized spacial score (nSPS) is 14.4. The van der Waals surface area contributed by atoms with Crippen LogP contribution in [0.25, 0.3) is 0 Å². The number of nitrogens with two attached hydrogens (primary N) is 1. The lowest BCUT2D eigenvalue weighted by Crippen LogP contribution is -2.26. The van der Waals surface area contributed by atoms with Gasteiger partial charge in [0.25, 0.3) is 0 Å². The van der Waals surface area contributed by atoms with Crippen LogP contribution in [0.5, 0.6) is 0 Å². The fourth-order valence-corrected chi connectivity index (χ4v) is 1.80. The zero-order chi connectivity index (χ0) is 9.42. The summed E-state index contributed by atoms with van der Waals surface area (Å²) in [5.41, 5.74) is 8.59. The van der Waals surface area contributed by atoms with Crippen LogP contribution < -0.4 is 10.6 Å². The van der Waals surface area contributed by atoms with Gasteiger partial charge in [0.05, 0.1) is 11.4 Å². The fraction of sp³-hybridized carbons (Fsp3) is 0.300. The van der Waals surface area contributed by atoms with Crippen molar-refractivity contribution in [1.82, 2.24) is 0 Å². The van der Waals surface area contributed by atoms with E-state index in [4.69, 9.17) is 5.73 Å². The molecule has 3 heteroatoms. The first-order chi connectivity index (χ1) is 6.20. The third-order valence-electron chi connectivity index (χ3n) is 2.41. The highest BCUT2D eigenvalue weighted by Crippen LogP contribution is 2.33. The number of rotatable bonds is 0. The first-order valence-electron chi connectivity index (χ1n) is 4.35. The number of amides is 1. The minimum Gasteiger partial charge on any atom is -0.397 e. The maximum absolute atomic E-state index is 11.2. The second-order valence-electron chi connectivity index (χ2n) is 3.28. The lowest BCUT2D eigenvalue weighted by Gasteiger charge is -2.16. The van der Waals surface area contributed by atoms with E-state index in [0.717, 1.165) is 18.7 Å². The van der Waals surface area contributed by atoms with Gasteiger partial charge in [-0.3, -0.25) is 4.79 Å². The summed E-state index contributed by atoms with van der Waals surface area (Å²) < 4.78 is 0. The smallest absolute Gasteiger partial charge is 0.223 e. The molecule has 0 saturated heterocycles. The first kappa shape index (κ1) is 8.10. The van der Waals surface area contributed by atoms with Crippen LogP contribution in [-0.4, -0.2) is 12.5 Å². The SMILES string of the molecule is CC(=O)N1CCc2cccc(N)c21. The molecule has 0 atom stereocenters. The molecule has 2 rings (SSSR count). The Bertz CT molecular complexity index is 360. The number of nitrogen functional groups attached to an aromatic ring is 1. The van der Waals surface area contributed by atoms with Crippen molar-refractivity contribution in [2.75, 3.05) is 17.2 Å². The van der Waals surface area contributed by atoms with Crippen LogP contribution in [-0.2, 0) is 11.2 Å². The van der Waals surface area contributed by atoms with Crippen molar-refractivity contribution in [3.63, 3.8) is 0 Å². The van der Waals surface area contributed by atoms with Gasteiger partial charge in [-0.05, 0) is 18.1 Å². The standard InChI is InChI=1S/C10H12N2O/c1-7(13)12-6-5-8-3-2-4-9(11)10(8)12/h2-4H,5-6,11H2,1H3. The summed E-state index contributed by atoms with van der Waals surface area (Å²) >= 11 is 0. The summed E-state index contributed by atoms with van der Waals surface area (Å²) in [7, 11) is 0. The van der Waals surface area contributed by atoms with Gasteiger partial charge in [0, 0.05) is 13.5 Å². The van der Waals surface area contributed by atoms with E-state index >= 15 is 0 Å². The van der Waals surface area contributed by atoms with E-state index in [-0.39, 0.29) is 5.91 Å². The Morgan fingerprint density at radius 1 is 1.54 bits per heavy atom. The molecule has 1 amide bonds. The molecule has 0 aliphatic carbocycles. The van der Waals surface area contributed by atoms with E-state index in [9.17, 15) is 4.79 Å². The van der Waals surface area contributed by atoms with Gasteiger partial charge in [0.15, 0.2) is 0 Å². The highest BCUT2D eigenvalue weighted by Gasteiger charge is 2.23. The lowest BCUT2D eigenvalue weighted by atomic mass is 10.1. The molecular weight excluding hydrogens is 164 g/mol. The molecule has 1 aromatic carbocycles. The molecule has 1 aliphatic heterocycles. The third kappa shape index (κ3) is 1.16. The molecule has 1 aromatic rings. The molecule has 2 N–H and O–H groups in total. The molecule has 3 nitrogen and oxygen atoms in total. The van der Waals surface area contributed by atoms with Gasteiger partial charge in [0.2, 0.25) is 5.91 Å². The maximum Gasteiger partial charge on any atom is 0.223 e. The molecule has 0 saturated carbocycles. The number of fused-ring (bicyclic) bond motifs is 1. The van der Waals surface area contributed by atoms with E-state index in [1.807, 2.05) is 18.2 Å². The van der Waals surface area contributed by atoms with Crippen molar-refractivity contribution in [3.05, 3.63) is 23.8 Å². The Morgan fingerprint density at radius 3 is 3.00 bits per heavy atom. The lowest BCUT2D eigenvalue weighted by molar-refractivity contribution is -0.116. The van der Waals surface area contributed by atoms with Crippen LogP contribution in [0, 0.1) is 0 Å². The van der Waals surface area contributed by atoms with Crippen LogP contribution in [0.4, 0.5) is 11.4 Å². The predicted molar refractivity (Wildman–Crippen MR) is 52.6 cm³/mol. The largest absolute Gasteiger partial charge is 0.397 e. The van der Waals surface area contributed by atoms with E-state index < -0.39 is 0 Å². The average Bonchev–Trinajstić information content (AvgIpc) is 2.49. The number of carbonyl (C=O) groups is 1. The number of anilines is 2. The topological polar surface area (TPSA) is 46.3 Å². The Morgan fingerprint density at radius 2 is 2.31 bits per heavy atom. The first-order valence-corrected chi connectivity index (χ1v) is 4.35. The molecular formula is C10H12N2O. The fourth-order valence-electron chi connectivity index (χ4n) is 1.80. The molecule has 13 heavy (non-hydrogen) atoms. The Labute approximate surface area is 77.1 Å². The molecule has 0 aromatic heterocycles. The van der Waals surface area contributed by atoms with E-state index in [1.54, 1.807) is 11.8 Å². The van der Waals surface area contributed by atoms with Gasteiger partial charge in [-0.25, -0.2) is 0 Å². The summed E-state index contributed by atoms with van der Waals surface area (Å²) in [6.45, 7) is 2.33. The van der Waals surface area contributed by atoms with Crippen LogP contribution in [0.15, 0.2) is 18.2 Å². The van der Waals surface area contributed by atoms with Crippen molar-refractivity contribution in [2.24, 2.45) is 0 Å². The van der Waals surface area contributed by atoms with Crippen molar-refractivity contribution in [1.29, 1.82) is 0 Å². The average molecular weight is 176 g/mol. The highest BCUT2D eigenvalue weighted by molar-refractivity contribution is 5.97. The van der Waals surface area contributed by atoms with E-state index in [1.165, 1.54) is 5.56 Å². The second-order valence-corrected chi connectivity index (χ2v) is 3.28. The number of nitrogens with zero attached hydrogens (tertiary/aromatic N) is 1. The van der Waals surface area contributed by atoms with Crippen molar-refractivity contribution in [3.8, 4) is 0 Å². The van der Waals surface area contributed by atoms with Gasteiger partial charge >= 0.3 is 0 Å². The van der Waals surface area contributed by atoms with Gasteiger partial charge in [-0.2, -0.15) is 0 Å². The quantitative estimate of drug-likeness (QED) is 0.603. The van der Waals surface area contributed by atoms with Crippen LogP contribution in [0.2, 0.25) is 0 Å². The predicted octanol–water partition coefficient (Wildman–Crippen LogP) is 1.18. The second kappa shape index (κ2) is 2.76. The van der Waals surface area contributed by atoms with Crippen LogP contribution >= 0.6 is 0 Å². The summed E-state index contributed by atoms with van der Waals surface area (Å²) in [4.78, 5) is 13.0.